The maximum Gasteiger partial charge on any atom is 0.416 e. The summed E-state index contributed by atoms with van der Waals surface area (Å²) in [6, 6.07) is 13.2. The van der Waals surface area contributed by atoms with Crippen molar-refractivity contribution in [2.45, 2.75) is 44.5 Å². The lowest BCUT2D eigenvalue weighted by molar-refractivity contribution is -0.137. The van der Waals surface area contributed by atoms with Crippen molar-refractivity contribution >= 4 is 6.09 Å². The predicted octanol–water partition coefficient (Wildman–Crippen LogP) is 6.65. The van der Waals surface area contributed by atoms with Crippen molar-refractivity contribution in [3.8, 4) is 5.75 Å². The minimum atomic E-state index is -4.77. The Hall–Kier alpha value is -3.62. The van der Waals surface area contributed by atoms with Crippen LogP contribution in [0.1, 0.15) is 55.1 Å². The van der Waals surface area contributed by atoms with Gasteiger partial charge in [0, 0.05) is 0 Å². The predicted molar refractivity (Wildman–Crippen MR) is 123 cm³/mol. The smallest absolute Gasteiger partial charge is 0.416 e. The maximum atomic E-state index is 14.5. The summed E-state index contributed by atoms with van der Waals surface area (Å²) in [5.41, 5.74) is -1.11. The quantitative estimate of drug-likeness (QED) is 0.393. The molecule has 2 unspecified atom stereocenters. The van der Waals surface area contributed by atoms with Crippen LogP contribution in [0, 0.1) is 5.82 Å². The molecule has 1 aromatic heterocycles. The molecule has 1 amide bonds. The summed E-state index contributed by atoms with van der Waals surface area (Å²) in [6.07, 6.45) is -4.14. The summed E-state index contributed by atoms with van der Waals surface area (Å²) in [5.74, 6) is -1.62. The Balaban J connectivity index is 2.21. The Kier molecular flexibility index (Phi) is 7.67. The second kappa shape index (κ2) is 10.3. The molecule has 0 spiro atoms. The van der Waals surface area contributed by atoms with Gasteiger partial charge in [-0.05, 0) is 62.2 Å². The van der Waals surface area contributed by atoms with E-state index < -0.39 is 41.2 Å². The van der Waals surface area contributed by atoms with Crippen LogP contribution in [0.3, 0.4) is 0 Å². The van der Waals surface area contributed by atoms with Gasteiger partial charge in [-0.2, -0.15) is 13.2 Å². The molecule has 0 saturated carbocycles. The number of nitrogens with zero attached hydrogens (tertiary/aromatic N) is 1. The van der Waals surface area contributed by atoms with Gasteiger partial charge in [0.05, 0.1) is 36.5 Å². The highest BCUT2D eigenvalue weighted by Gasteiger charge is 2.35. The first-order chi connectivity index (χ1) is 16.4. The first-order valence-corrected chi connectivity index (χ1v) is 10.8. The average Bonchev–Trinajstić information content (AvgIpc) is 2.77. The molecule has 1 N–H and O–H groups in total. The molecule has 35 heavy (non-hydrogen) atoms. The SMILES string of the molecule is COc1ccc(C(c2cc(F)cc(C(F)(F)F)c2)C(NC(=O)OC(C)(C)C)c2ccccc2)nc1. The van der Waals surface area contributed by atoms with Gasteiger partial charge in [0.2, 0.25) is 0 Å². The van der Waals surface area contributed by atoms with E-state index in [2.05, 4.69) is 10.3 Å². The van der Waals surface area contributed by atoms with Crippen LogP contribution in [-0.4, -0.2) is 23.8 Å². The van der Waals surface area contributed by atoms with E-state index in [9.17, 15) is 22.4 Å². The third-order valence-electron chi connectivity index (χ3n) is 5.08. The number of carbonyl (C=O) groups is 1. The van der Waals surface area contributed by atoms with Gasteiger partial charge < -0.3 is 14.8 Å². The molecule has 9 heteroatoms. The number of hydrogen-bond acceptors (Lipinski definition) is 4. The van der Waals surface area contributed by atoms with Crippen LogP contribution < -0.4 is 10.1 Å². The van der Waals surface area contributed by atoms with Crippen LogP contribution in [0.5, 0.6) is 5.75 Å². The fourth-order valence-electron chi connectivity index (χ4n) is 3.64. The Bertz CT molecular complexity index is 1140. The summed E-state index contributed by atoms with van der Waals surface area (Å²) < 4.78 is 65.6. The van der Waals surface area contributed by atoms with E-state index >= 15 is 0 Å². The topological polar surface area (TPSA) is 60.5 Å². The van der Waals surface area contributed by atoms with Crippen LogP contribution in [-0.2, 0) is 10.9 Å². The average molecular weight is 490 g/mol. The number of nitrogens with one attached hydrogen (secondary N) is 1. The number of ether oxygens (including phenoxy) is 2. The summed E-state index contributed by atoms with van der Waals surface area (Å²) in [6.45, 7) is 5.07. The number of rotatable bonds is 6. The Morgan fingerprint density at radius 3 is 2.20 bits per heavy atom. The number of amides is 1. The molecular formula is C26H26F4N2O3. The van der Waals surface area contributed by atoms with Gasteiger partial charge in [0.25, 0.3) is 0 Å². The number of halogens is 4. The van der Waals surface area contributed by atoms with E-state index in [1.165, 1.54) is 13.3 Å². The Morgan fingerprint density at radius 2 is 1.66 bits per heavy atom. The fourth-order valence-corrected chi connectivity index (χ4v) is 3.64. The summed E-state index contributed by atoms with van der Waals surface area (Å²) in [4.78, 5) is 17.1. The van der Waals surface area contributed by atoms with Gasteiger partial charge in [-0.3, -0.25) is 4.98 Å². The molecule has 1 heterocycles. The second-order valence-electron chi connectivity index (χ2n) is 8.91. The van der Waals surface area contributed by atoms with E-state index in [1.807, 2.05) is 0 Å². The fraction of sp³-hybridized carbons (Fsp3) is 0.308. The van der Waals surface area contributed by atoms with Crippen molar-refractivity contribution in [3.63, 3.8) is 0 Å². The van der Waals surface area contributed by atoms with Gasteiger partial charge in [-0.15, -0.1) is 0 Å². The van der Waals surface area contributed by atoms with Crippen LogP contribution in [0.25, 0.3) is 0 Å². The zero-order valence-corrected chi connectivity index (χ0v) is 19.7. The first-order valence-electron chi connectivity index (χ1n) is 10.8. The summed E-state index contributed by atoms with van der Waals surface area (Å²) in [5, 5.41) is 2.76. The highest BCUT2D eigenvalue weighted by Crippen LogP contribution is 2.40. The zero-order valence-electron chi connectivity index (χ0n) is 19.7. The van der Waals surface area contributed by atoms with E-state index in [-0.39, 0.29) is 5.56 Å². The van der Waals surface area contributed by atoms with Crippen molar-refractivity contribution < 1.29 is 31.8 Å². The monoisotopic (exact) mass is 490 g/mol. The van der Waals surface area contributed by atoms with Crippen LogP contribution in [0.4, 0.5) is 22.4 Å². The number of hydrogen-bond donors (Lipinski definition) is 1. The van der Waals surface area contributed by atoms with Crippen molar-refractivity contribution in [2.24, 2.45) is 0 Å². The van der Waals surface area contributed by atoms with E-state index in [0.717, 1.165) is 12.1 Å². The molecule has 0 aliphatic carbocycles. The molecule has 2 aromatic carbocycles. The largest absolute Gasteiger partial charge is 0.495 e. The maximum absolute atomic E-state index is 14.5. The minimum Gasteiger partial charge on any atom is -0.495 e. The van der Waals surface area contributed by atoms with Crippen LogP contribution in [0.2, 0.25) is 0 Å². The number of aromatic nitrogens is 1. The van der Waals surface area contributed by atoms with E-state index in [4.69, 9.17) is 9.47 Å². The second-order valence-corrected chi connectivity index (χ2v) is 8.91. The minimum absolute atomic E-state index is 0.0140. The number of methoxy groups -OCH3 is 1. The van der Waals surface area contributed by atoms with E-state index in [1.54, 1.807) is 63.2 Å². The molecule has 0 radical (unpaired) electrons. The van der Waals surface area contributed by atoms with Gasteiger partial charge in [0.15, 0.2) is 0 Å². The molecule has 0 fully saturated rings. The first kappa shape index (κ1) is 26.0. The number of alkyl halides is 3. The summed E-state index contributed by atoms with van der Waals surface area (Å²) in [7, 11) is 1.45. The third kappa shape index (κ3) is 6.94. The molecule has 0 saturated heterocycles. The lowest BCUT2D eigenvalue weighted by Gasteiger charge is -2.30. The van der Waals surface area contributed by atoms with Crippen LogP contribution >= 0.6 is 0 Å². The lowest BCUT2D eigenvalue weighted by Crippen LogP contribution is -2.37. The highest BCUT2D eigenvalue weighted by atomic mass is 19.4. The van der Waals surface area contributed by atoms with Crippen LogP contribution in [0.15, 0.2) is 66.9 Å². The number of alkyl carbamates (subject to hydrolysis) is 1. The molecule has 0 bridgehead atoms. The molecule has 186 valence electrons. The molecular weight excluding hydrogens is 464 g/mol. The molecule has 3 rings (SSSR count). The highest BCUT2D eigenvalue weighted by molar-refractivity contribution is 5.69. The molecule has 3 aromatic rings. The van der Waals surface area contributed by atoms with Crippen molar-refractivity contribution in [2.75, 3.05) is 7.11 Å². The van der Waals surface area contributed by atoms with Gasteiger partial charge in [0.1, 0.15) is 17.2 Å². The molecule has 5 nitrogen and oxygen atoms in total. The Morgan fingerprint density at radius 1 is 0.971 bits per heavy atom. The number of carbonyl (C=O) groups excluding carboxylic acids is 1. The normalized spacial score (nSPS) is 13.6. The molecule has 0 aliphatic rings. The zero-order chi connectivity index (χ0) is 25.8. The van der Waals surface area contributed by atoms with Crippen molar-refractivity contribution in [3.05, 3.63) is 95.1 Å². The molecule has 2 atom stereocenters. The van der Waals surface area contributed by atoms with E-state index in [0.29, 0.717) is 23.1 Å². The van der Waals surface area contributed by atoms with Gasteiger partial charge >= 0.3 is 12.3 Å². The lowest BCUT2D eigenvalue weighted by atomic mass is 9.83. The molecule has 0 aliphatic heterocycles. The van der Waals surface area contributed by atoms with Gasteiger partial charge in [-0.1, -0.05) is 30.3 Å². The Labute approximate surface area is 201 Å². The third-order valence-corrected chi connectivity index (χ3v) is 5.08. The van der Waals surface area contributed by atoms with Crippen molar-refractivity contribution in [1.82, 2.24) is 10.3 Å². The van der Waals surface area contributed by atoms with Crippen molar-refractivity contribution in [1.29, 1.82) is 0 Å². The number of benzene rings is 2. The standard InChI is InChI=1S/C26H26F4N2O3/c1-25(2,3)35-24(33)32-23(16-8-6-5-7-9-16)22(21-11-10-20(34-4)15-31-21)17-12-18(26(28,29)30)14-19(27)13-17/h5-15,22-23H,1-4H3,(H,32,33). The number of pyridine rings is 1. The van der Waals surface area contributed by atoms with Gasteiger partial charge in [-0.25, -0.2) is 9.18 Å². The summed E-state index contributed by atoms with van der Waals surface area (Å²) >= 11 is 0.